The fourth-order valence-electron chi connectivity index (χ4n) is 2.00. The molecule has 0 spiro atoms. The van der Waals surface area contributed by atoms with Crippen LogP contribution in [0.15, 0.2) is 18.2 Å². The molecule has 2 rings (SSSR count). The summed E-state index contributed by atoms with van der Waals surface area (Å²) in [5, 5.41) is 3.44. The number of hydrogen-bond donors (Lipinski definition) is 1. The predicted molar refractivity (Wildman–Crippen MR) is 72.2 cm³/mol. The van der Waals surface area contributed by atoms with Crippen molar-refractivity contribution in [3.05, 3.63) is 28.8 Å². The minimum atomic E-state index is -0.123. The van der Waals surface area contributed by atoms with Gasteiger partial charge in [0, 0.05) is 6.54 Å². The first-order valence-corrected chi connectivity index (χ1v) is 6.38. The Bertz CT molecular complexity index is 430. The number of aryl methyl sites for hydroxylation is 1. The van der Waals surface area contributed by atoms with Crippen LogP contribution >= 0.6 is 11.6 Å². The van der Waals surface area contributed by atoms with Crippen molar-refractivity contribution in [1.29, 1.82) is 0 Å². The van der Waals surface area contributed by atoms with Gasteiger partial charge in [0.05, 0.1) is 30.0 Å². The van der Waals surface area contributed by atoms with Crippen LogP contribution in [0, 0.1) is 6.92 Å². The highest BCUT2D eigenvalue weighted by Gasteiger charge is 2.24. The van der Waals surface area contributed by atoms with Gasteiger partial charge < -0.3 is 15.0 Å². The molecule has 0 radical (unpaired) electrons. The first kappa shape index (κ1) is 13.2. The standard InChI is InChI=1S/C13H17ClN2O2/c1-9-4-3-5-11(14)12(9)15-13(17)16-6-7-18-8-10(16)2/h3-5,10H,6-8H2,1-2H3,(H,15,17)/t10-/m1/s1. The largest absolute Gasteiger partial charge is 0.377 e. The molecule has 1 N–H and O–H groups in total. The maximum absolute atomic E-state index is 12.2. The average Bonchev–Trinajstić information content (AvgIpc) is 2.34. The second-order valence-electron chi connectivity index (χ2n) is 4.48. The molecule has 0 unspecified atom stereocenters. The molecular formula is C13H17ClN2O2. The number of halogens is 1. The molecule has 2 amide bonds. The van der Waals surface area contributed by atoms with Crippen LogP contribution in [-0.4, -0.2) is 36.7 Å². The second-order valence-corrected chi connectivity index (χ2v) is 4.89. The van der Waals surface area contributed by atoms with Crippen molar-refractivity contribution in [2.75, 3.05) is 25.1 Å². The minimum absolute atomic E-state index is 0.0848. The minimum Gasteiger partial charge on any atom is -0.377 e. The number of para-hydroxylation sites is 1. The summed E-state index contributed by atoms with van der Waals surface area (Å²) in [6.07, 6.45) is 0. The average molecular weight is 269 g/mol. The molecule has 1 aliphatic rings. The van der Waals surface area contributed by atoms with Gasteiger partial charge in [0.2, 0.25) is 0 Å². The summed E-state index contributed by atoms with van der Waals surface area (Å²) in [5.74, 6) is 0. The van der Waals surface area contributed by atoms with Crippen LogP contribution in [0.2, 0.25) is 5.02 Å². The normalized spacial score (nSPS) is 19.7. The summed E-state index contributed by atoms with van der Waals surface area (Å²) < 4.78 is 5.31. The molecule has 1 atom stereocenters. The molecule has 18 heavy (non-hydrogen) atoms. The number of hydrogen-bond acceptors (Lipinski definition) is 2. The van der Waals surface area contributed by atoms with Gasteiger partial charge in [0.25, 0.3) is 0 Å². The van der Waals surface area contributed by atoms with E-state index >= 15 is 0 Å². The molecule has 0 aromatic heterocycles. The van der Waals surface area contributed by atoms with Crippen LogP contribution in [0.1, 0.15) is 12.5 Å². The lowest BCUT2D eigenvalue weighted by atomic mass is 10.2. The monoisotopic (exact) mass is 268 g/mol. The molecular weight excluding hydrogens is 252 g/mol. The molecule has 1 saturated heterocycles. The summed E-state index contributed by atoms with van der Waals surface area (Å²) in [4.78, 5) is 14.0. The van der Waals surface area contributed by atoms with Gasteiger partial charge in [0.15, 0.2) is 0 Å². The molecule has 5 heteroatoms. The Hall–Kier alpha value is -1.26. The zero-order valence-corrected chi connectivity index (χ0v) is 11.3. The molecule has 1 aromatic carbocycles. The zero-order valence-electron chi connectivity index (χ0n) is 10.6. The topological polar surface area (TPSA) is 41.6 Å². The van der Waals surface area contributed by atoms with E-state index in [4.69, 9.17) is 16.3 Å². The van der Waals surface area contributed by atoms with Gasteiger partial charge in [-0.1, -0.05) is 23.7 Å². The second kappa shape index (κ2) is 5.59. The maximum Gasteiger partial charge on any atom is 0.322 e. The Balaban J connectivity index is 2.11. The highest BCUT2D eigenvalue weighted by Crippen LogP contribution is 2.25. The number of nitrogens with one attached hydrogen (secondary N) is 1. The summed E-state index contributed by atoms with van der Waals surface area (Å²) in [6.45, 7) is 5.66. The number of urea groups is 1. The summed E-state index contributed by atoms with van der Waals surface area (Å²) in [5.41, 5.74) is 1.64. The van der Waals surface area contributed by atoms with E-state index in [2.05, 4.69) is 5.32 Å². The fourth-order valence-corrected chi connectivity index (χ4v) is 2.27. The van der Waals surface area contributed by atoms with Crippen molar-refractivity contribution < 1.29 is 9.53 Å². The van der Waals surface area contributed by atoms with E-state index in [0.29, 0.717) is 30.5 Å². The number of rotatable bonds is 1. The Kier molecular flexibility index (Phi) is 4.09. The zero-order chi connectivity index (χ0) is 13.1. The van der Waals surface area contributed by atoms with E-state index in [-0.39, 0.29) is 12.1 Å². The first-order valence-electron chi connectivity index (χ1n) is 6.00. The Morgan fingerprint density at radius 2 is 2.33 bits per heavy atom. The van der Waals surface area contributed by atoms with E-state index < -0.39 is 0 Å². The van der Waals surface area contributed by atoms with Crippen molar-refractivity contribution in [3.8, 4) is 0 Å². The smallest absolute Gasteiger partial charge is 0.322 e. The molecule has 4 nitrogen and oxygen atoms in total. The maximum atomic E-state index is 12.2. The fraction of sp³-hybridized carbons (Fsp3) is 0.462. The molecule has 0 saturated carbocycles. The number of nitrogens with zero attached hydrogens (tertiary/aromatic N) is 1. The van der Waals surface area contributed by atoms with Gasteiger partial charge in [-0.3, -0.25) is 0 Å². The van der Waals surface area contributed by atoms with Crippen LogP contribution in [0.4, 0.5) is 10.5 Å². The highest BCUT2D eigenvalue weighted by atomic mass is 35.5. The third kappa shape index (κ3) is 2.76. The van der Waals surface area contributed by atoms with E-state index in [1.54, 1.807) is 11.0 Å². The quantitative estimate of drug-likeness (QED) is 0.851. The van der Waals surface area contributed by atoms with Gasteiger partial charge in [-0.05, 0) is 25.5 Å². The number of carbonyl (C=O) groups excluding carboxylic acids is 1. The van der Waals surface area contributed by atoms with Crippen LogP contribution in [0.5, 0.6) is 0 Å². The van der Waals surface area contributed by atoms with Crippen molar-refractivity contribution in [2.45, 2.75) is 19.9 Å². The number of benzene rings is 1. The van der Waals surface area contributed by atoms with E-state index in [0.717, 1.165) is 5.56 Å². The van der Waals surface area contributed by atoms with Crippen molar-refractivity contribution in [3.63, 3.8) is 0 Å². The summed E-state index contributed by atoms with van der Waals surface area (Å²) >= 11 is 6.09. The van der Waals surface area contributed by atoms with Gasteiger partial charge >= 0.3 is 6.03 Å². The molecule has 1 aromatic rings. The molecule has 1 aliphatic heterocycles. The predicted octanol–water partition coefficient (Wildman–Crippen LogP) is 2.90. The van der Waals surface area contributed by atoms with Crippen molar-refractivity contribution >= 4 is 23.3 Å². The van der Waals surface area contributed by atoms with Crippen LogP contribution < -0.4 is 5.32 Å². The Morgan fingerprint density at radius 3 is 3.00 bits per heavy atom. The SMILES string of the molecule is Cc1cccc(Cl)c1NC(=O)N1CCOC[C@H]1C. The summed E-state index contributed by atoms with van der Waals surface area (Å²) in [7, 11) is 0. The lowest BCUT2D eigenvalue weighted by Crippen LogP contribution is -2.49. The number of anilines is 1. The Labute approximate surface area is 112 Å². The van der Waals surface area contributed by atoms with Crippen LogP contribution in [0.3, 0.4) is 0 Å². The van der Waals surface area contributed by atoms with Gasteiger partial charge in [-0.2, -0.15) is 0 Å². The van der Waals surface area contributed by atoms with E-state index in [1.807, 2.05) is 26.0 Å². The van der Waals surface area contributed by atoms with E-state index in [1.165, 1.54) is 0 Å². The third-order valence-corrected chi connectivity index (χ3v) is 3.40. The number of morpholine rings is 1. The van der Waals surface area contributed by atoms with E-state index in [9.17, 15) is 4.79 Å². The van der Waals surface area contributed by atoms with Crippen LogP contribution in [0.25, 0.3) is 0 Å². The highest BCUT2D eigenvalue weighted by molar-refractivity contribution is 6.33. The number of amides is 2. The van der Waals surface area contributed by atoms with Crippen molar-refractivity contribution in [2.24, 2.45) is 0 Å². The lowest BCUT2D eigenvalue weighted by molar-refractivity contribution is 0.0221. The van der Waals surface area contributed by atoms with Crippen molar-refractivity contribution in [1.82, 2.24) is 4.90 Å². The first-order chi connectivity index (χ1) is 8.59. The number of ether oxygens (including phenoxy) is 1. The van der Waals surface area contributed by atoms with Crippen LogP contribution in [-0.2, 0) is 4.74 Å². The van der Waals surface area contributed by atoms with Gasteiger partial charge in [-0.25, -0.2) is 4.79 Å². The third-order valence-electron chi connectivity index (χ3n) is 3.08. The van der Waals surface area contributed by atoms with Gasteiger partial charge in [-0.15, -0.1) is 0 Å². The molecule has 1 heterocycles. The lowest BCUT2D eigenvalue weighted by Gasteiger charge is -2.33. The molecule has 0 bridgehead atoms. The molecule has 1 fully saturated rings. The van der Waals surface area contributed by atoms with Gasteiger partial charge in [0.1, 0.15) is 0 Å². The molecule has 0 aliphatic carbocycles. The molecule has 98 valence electrons. The Morgan fingerprint density at radius 1 is 1.56 bits per heavy atom. The summed E-state index contributed by atoms with van der Waals surface area (Å²) in [6, 6.07) is 5.52. The number of carbonyl (C=O) groups is 1.